The molecule has 0 saturated heterocycles. The molecule has 0 aliphatic carbocycles. The number of rotatable bonds is 6. The van der Waals surface area contributed by atoms with Crippen LogP contribution in [0.25, 0.3) is 0 Å². The number of ether oxygens (including phenoxy) is 1. The summed E-state index contributed by atoms with van der Waals surface area (Å²) in [5.41, 5.74) is 0.725. The number of aliphatic hydroxyl groups excluding tert-OH is 1. The second-order valence-corrected chi connectivity index (χ2v) is 4.17. The maximum absolute atomic E-state index is 11.9. The molecule has 0 aliphatic heterocycles. The highest BCUT2D eigenvalue weighted by Gasteiger charge is 2.25. The van der Waals surface area contributed by atoms with Gasteiger partial charge in [0.1, 0.15) is 5.75 Å². The molecule has 1 aromatic carbocycles. The summed E-state index contributed by atoms with van der Waals surface area (Å²) in [6, 6.07) is 6.92. The lowest BCUT2D eigenvalue weighted by molar-refractivity contribution is -0.135. The molecule has 5 heteroatoms. The highest BCUT2D eigenvalue weighted by molar-refractivity contribution is 5.29. The molecule has 1 atom stereocenters. The van der Waals surface area contributed by atoms with E-state index in [4.69, 9.17) is 4.74 Å². The second kappa shape index (κ2) is 6.64. The van der Waals surface area contributed by atoms with Gasteiger partial charge in [-0.3, -0.25) is 0 Å². The zero-order chi connectivity index (χ0) is 13.6. The summed E-state index contributed by atoms with van der Waals surface area (Å²) in [7, 11) is 0. The number of hydrogen-bond acceptors (Lipinski definition) is 2. The van der Waals surface area contributed by atoms with Crippen LogP contribution in [0.4, 0.5) is 13.2 Å². The molecule has 0 radical (unpaired) electrons. The van der Waals surface area contributed by atoms with Crippen molar-refractivity contribution < 1.29 is 23.0 Å². The minimum Gasteiger partial charge on any atom is -0.494 e. The van der Waals surface area contributed by atoms with Crippen LogP contribution in [0.1, 0.15) is 37.9 Å². The average molecular weight is 262 g/mol. The molecular weight excluding hydrogens is 245 g/mol. The molecule has 0 saturated carbocycles. The Morgan fingerprint density at radius 1 is 1.28 bits per heavy atom. The van der Waals surface area contributed by atoms with Gasteiger partial charge in [0.25, 0.3) is 0 Å². The molecule has 1 unspecified atom stereocenters. The number of aliphatic hydroxyl groups is 1. The third-order valence-corrected chi connectivity index (χ3v) is 2.46. The van der Waals surface area contributed by atoms with Crippen LogP contribution in [0.5, 0.6) is 5.75 Å². The topological polar surface area (TPSA) is 29.5 Å². The van der Waals surface area contributed by atoms with Crippen LogP contribution >= 0.6 is 0 Å². The van der Waals surface area contributed by atoms with Gasteiger partial charge in [-0.2, -0.15) is 13.2 Å². The fourth-order valence-corrected chi connectivity index (χ4v) is 1.48. The van der Waals surface area contributed by atoms with Gasteiger partial charge in [-0.05, 0) is 37.5 Å². The van der Waals surface area contributed by atoms with Crippen molar-refractivity contribution in [2.24, 2.45) is 0 Å². The van der Waals surface area contributed by atoms with E-state index in [0.29, 0.717) is 12.2 Å². The third-order valence-electron chi connectivity index (χ3n) is 2.46. The molecular formula is C13H17F3O2. The Morgan fingerprint density at radius 3 is 2.61 bits per heavy atom. The minimum atomic E-state index is -4.09. The van der Waals surface area contributed by atoms with Crippen molar-refractivity contribution in [2.75, 3.05) is 6.61 Å². The standard InChI is InChI=1S/C13H17F3O2/c1-10(17)11-5-4-6-12(9-11)18-8-3-2-7-13(14,15)16/h4-6,9-10,17H,2-3,7-8H2,1H3. The van der Waals surface area contributed by atoms with Gasteiger partial charge in [-0.25, -0.2) is 0 Å². The van der Waals surface area contributed by atoms with E-state index in [1.165, 1.54) is 0 Å². The van der Waals surface area contributed by atoms with Crippen LogP contribution in [-0.4, -0.2) is 17.9 Å². The predicted molar refractivity (Wildman–Crippen MR) is 62.5 cm³/mol. The molecule has 2 nitrogen and oxygen atoms in total. The van der Waals surface area contributed by atoms with Crippen LogP contribution in [0.2, 0.25) is 0 Å². The maximum atomic E-state index is 11.9. The predicted octanol–water partition coefficient (Wildman–Crippen LogP) is 3.85. The Labute approximate surface area is 104 Å². The summed E-state index contributed by atoms with van der Waals surface area (Å²) in [5.74, 6) is 0.570. The van der Waals surface area contributed by atoms with Crippen molar-refractivity contribution in [3.05, 3.63) is 29.8 Å². The molecule has 1 aromatic rings. The van der Waals surface area contributed by atoms with E-state index < -0.39 is 18.7 Å². The van der Waals surface area contributed by atoms with Gasteiger partial charge >= 0.3 is 6.18 Å². The molecule has 18 heavy (non-hydrogen) atoms. The first-order valence-corrected chi connectivity index (χ1v) is 5.86. The van der Waals surface area contributed by atoms with Crippen molar-refractivity contribution in [3.8, 4) is 5.75 Å². The van der Waals surface area contributed by atoms with E-state index in [9.17, 15) is 18.3 Å². The average Bonchev–Trinajstić information content (AvgIpc) is 2.27. The fraction of sp³-hybridized carbons (Fsp3) is 0.538. The molecule has 1 rings (SSSR count). The quantitative estimate of drug-likeness (QED) is 0.789. The molecule has 102 valence electrons. The fourth-order valence-electron chi connectivity index (χ4n) is 1.48. The first-order valence-electron chi connectivity index (χ1n) is 5.86. The zero-order valence-corrected chi connectivity index (χ0v) is 10.2. The van der Waals surface area contributed by atoms with Gasteiger partial charge in [0.05, 0.1) is 12.7 Å². The molecule has 0 spiro atoms. The van der Waals surface area contributed by atoms with E-state index >= 15 is 0 Å². The Hall–Kier alpha value is -1.23. The van der Waals surface area contributed by atoms with Gasteiger partial charge in [0.15, 0.2) is 0 Å². The van der Waals surface area contributed by atoms with Gasteiger partial charge in [-0.1, -0.05) is 12.1 Å². The number of unbranched alkanes of at least 4 members (excludes halogenated alkanes) is 1. The molecule has 0 bridgehead atoms. The summed E-state index contributed by atoms with van der Waals surface area (Å²) in [6.07, 6.45) is -5.02. The summed E-state index contributed by atoms with van der Waals surface area (Å²) in [6.45, 7) is 1.89. The molecule has 0 aliphatic rings. The normalized spacial score (nSPS) is 13.4. The summed E-state index contributed by atoms with van der Waals surface area (Å²) in [4.78, 5) is 0. The summed E-state index contributed by atoms with van der Waals surface area (Å²) in [5, 5.41) is 9.37. The van der Waals surface area contributed by atoms with E-state index in [1.807, 2.05) is 0 Å². The number of alkyl halides is 3. The van der Waals surface area contributed by atoms with E-state index in [0.717, 1.165) is 5.56 Å². The van der Waals surface area contributed by atoms with Crippen molar-refractivity contribution in [1.29, 1.82) is 0 Å². The lowest BCUT2D eigenvalue weighted by Gasteiger charge is -2.10. The molecule has 0 fully saturated rings. The Morgan fingerprint density at radius 2 is 2.00 bits per heavy atom. The number of benzene rings is 1. The van der Waals surface area contributed by atoms with Gasteiger partial charge < -0.3 is 9.84 Å². The zero-order valence-electron chi connectivity index (χ0n) is 10.2. The van der Waals surface area contributed by atoms with Crippen LogP contribution in [0.15, 0.2) is 24.3 Å². The lowest BCUT2D eigenvalue weighted by atomic mass is 10.1. The van der Waals surface area contributed by atoms with Crippen LogP contribution in [-0.2, 0) is 0 Å². The van der Waals surface area contributed by atoms with Crippen LogP contribution < -0.4 is 4.74 Å². The largest absolute Gasteiger partial charge is 0.494 e. The van der Waals surface area contributed by atoms with Crippen molar-refractivity contribution in [2.45, 2.75) is 38.5 Å². The highest BCUT2D eigenvalue weighted by atomic mass is 19.4. The second-order valence-electron chi connectivity index (χ2n) is 4.17. The molecule has 0 amide bonds. The molecule has 0 heterocycles. The molecule has 0 aromatic heterocycles. The number of halogens is 3. The Bertz CT molecular complexity index is 361. The third kappa shape index (κ3) is 5.91. The maximum Gasteiger partial charge on any atom is 0.389 e. The van der Waals surface area contributed by atoms with Gasteiger partial charge in [-0.15, -0.1) is 0 Å². The van der Waals surface area contributed by atoms with Crippen molar-refractivity contribution >= 4 is 0 Å². The van der Waals surface area contributed by atoms with Gasteiger partial charge in [0, 0.05) is 6.42 Å². The lowest BCUT2D eigenvalue weighted by Crippen LogP contribution is -2.08. The van der Waals surface area contributed by atoms with Crippen LogP contribution in [0.3, 0.4) is 0 Å². The van der Waals surface area contributed by atoms with E-state index in [-0.39, 0.29) is 13.0 Å². The monoisotopic (exact) mass is 262 g/mol. The summed E-state index contributed by atoms with van der Waals surface area (Å²) >= 11 is 0. The Balaban J connectivity index is 2.29. The van der Waals surface area contributed by atoms with Crippen molar-refractivity contribution in [3.63, 3.8) is 0 Å². The first-order chi connectivity index (χ1) is 8.38. The van der Waals surface area contributed by atoms with Crippen molar-refractivity contribution in [1.82, 2.24) is 0 Å². The van der Waals surface area contributed by atoms with E-state index in [1.54, 1.807) is 31.2 Å². The highest BCUT2D eigenvalue weighted by Crippen LogP contribution is 2.23. The van der Waals surface area contributed by atoms with Gasteiger partial charge in [0.2, 0.25) is 0 Å². The Kier molecular flexibility index (Phi) is 5.47. The molecule has 1 N–H and O–H groups in total. The first kappa shape index (κ1) is 14.8. The minimum absolute atomic E-state index is 0.0690. The van der Waals surface area contributed by atoms with Crippen LogP contribution in [0, 0.1) is 0 Å². The van der Waals surface area contributed by atoms with E-state index in [2.05, 4.69) is 0 Å². The number of hydrogen-bond donors (Lipinski definition) is 1. The SMILES string of the molecule is CC(O)c1cccc(OCCCCC(F)(F)F)c1. The summed E-state index contributed by atoms with van der Waals surface area (Å²) < 4.78 is 41.0. The smallest absolute Gasteiger partial charge is 0.389 e.